The number of carbonyl (C=O) groups excluding carboxylic acids is 1. The molecule has 0 amide bonds. The SMILES string of the molecule is CNc1conc1OC(C)=O. The number of anilines is 1. The van der Waals surface area contributed by atoms with E-state index in [4.69, 9.17) is 0 Å². The van der Waals surface area contributed by atoms with E-state index in [0.29, 0.717) is 5.69 Å². The maximum absolute atomic E-state index is 10.4. The lowest BCUT2D eigenvalue weighted by molar-refractivity contribution is -0.132. The van der Waals surface area contributed by atoms with Gasteiger partial charge in [0.05, 0.1) is 0 Å². The summed E-state index contributed by atoms with van der Waals surface area (Å²) in [5, 5.41) is 6.19. The average Bonchev–Trinajstić information content (AvgIpc) is 2.34. The van der Waals surface area contributed by atoms with Crippen LogP contribution in [0.4, 0.5) is 5.69 Å². The van der Waals surface area contributed by atoms with Gasteiger partial charge in [-0.05, 0) is 5.16 Å². The van der Waals surface area contributed by atoms with Gasteiger partial charge in [-0.3, -0.25) is 4.79 Å². The Labute approximate surface area is 63.3 Å². The number of hydrogen-bond donors (Lipinski definition) is 1. The van der Waals surface area contributed by atoms with E-state index in [1.807, 2.05) is 0 Å². The maximum atomic E-state index is 10.4. The van der Waals surface area contributed by atoms with Gasteiger partial charge in [-0.25, -0.2) is 0 Å². The zero-order valence-corrected chi connectivity index (χ0v) is 6.25. The third-order valence-corrected chi connectivity index (χ3v) is 1.05. The number of ether oxygens (including phenoxy) is 1. The third-order valence-electron chi connectivity index (χ3n) is 1.05. The summed E-state index contributed by atoms with van der Waals surface area (Å²) in [5.74, 6) is -0.254. The second-order valence-corrected chi connectivity index (χ2v) is 1.88. The summed E-state index contributed by atoms with van der Waals surface area (Å²) >= 11 is 0. The number of aromatic nitrogens is 1. The number of carbonyl (C=O) groups is 1. The summed E-state index contributed by atoms with van der Waals surface area (Å²) in [7, 11) is 1.68. The number of rotatable bonds is 2. The lowest BCUT2D eigenvalue weighted by Gasteiger charge is -1.96. The van der Waals surface area contributed by atoms with Crippen LogP contribution < -0.4 is 10.1 Å². The van der Waals surface area contributed by atoms with Gasteiger partial charge in [0.1, 0.15) is 5.69 Å². The van der Waals surface area contributed by atoms with Crippen LogP contribution >= 0.6 is 0 Å². The molecule has 0 radical (unpaired) electrons. The van der Waals surface area contributed by atoms with Gasteiger partial charge in [0.25, 0.3) is 5.88 Å². The molecule has 0 aromatic carbocycles. The summed E-state index contributed by atoms with van der Waals surface area (Å²) in [6.45, 7) is 1.30. The Morgan fingerprint density at radius 3 is 3.09 bits per heavy atom. The average molecular weight is 156 g/mol. The molecule has 0 aliphatic carbocycles. The van der Waals surface area contributed by atoms with Crippen LogP contribution in [0.15, 0.2) is 10.8 Å². The van der Waals surface area contributed by atoms with Gasteiger partial charge in [0, 0.05) is 14.0 Å². The minimum atomic E-state index is -0.421. The highest BCUT2D eigenvalue weighted by Crippen LogP contribution is 2.20. The molecule has 5 heteroatoms. The van der Waals surface area contributed by atoms with E-state index in [2.05, 4.69) is 19.7 Å². The van der Waals surface area contributed by atoms with E-state index < -0.39 is 5.97 Å². The van der Waals surface area contributed by atoms with Crippen molar-refractivity contribution < 1.29 is 14.1 Å². The maximum Gasteiger partial charge on any atom is 0.309 e. The summed E-state index contributed by atoms with van der Waals surface area (Å²) in [4.78, 5) is 10.4. The van der Waals surface area contributed by atoms with Crippen molar-refractivity contribution in [1.29, 1.82) is 0 Å². The number of nitrogens with zero attached hydrogens (tertiary/aromatic N) is 1. The van der Waals surface area contributed by atoms with Gasteiger partial charge >= 0.3 is 5.97 Å². The fraction of sp³-hybridized carbons (Fsp3) is 0.333. The molecule has 0 saturated carbocycles. The first kappa shape index (κ1) is 7.59. The highest BCUT2D eigenvalue weighted by molar-refractivity contribution is 5.70. The summed E-state index contributed by atoms with van der Waals surface area (Å²) < 4.78 is 9.22. The number of hydrogen-bond acceptors (Lipinski definition) is 5. The topological polar surface area (TPSA) is 64.4 Å². The second kappa shape index (κ2) is 3.05. The molecule has 0 unspecified atom stereocenters. The fourth-order valence-corrected chi connectivity index (χ4v) is 0.602. The smallest absolute Gasteiger partial charge is 0.309 e. The first-order valence-electron chi connectivity index (χ1n) is 3.04. The third kappa shape index (κ3) is 1.70. The molecule has 0 aliphatic heterocycles. The van der Waals surface area contributed by atoms with Crippen molar-refractivity contribution in [3.8, 4) is 5.88 Å². The van der Waals surface area contributed by atoms with E-state index in [-0.39, 0.29) is 5.88 Å². The molecule has 0 fully saturated rings. The van der Waals surface area contributed by atoms with Gasteiger partial charge in [-0.2, -0.15) is 0 Å². The Morgan fingerprint density at radius 1 is 1.82 bits per heavy atom. The Morgan fingerprint density at radius 2 is 2.55 bits per heavy atom. The molecule has 0 saturated heterocycles. The van der Waals surface area contributed by atoms with Gasteiger partial charge in [-0.15, -0.1) is 0 Å². The van der Waals surface area contributed by atoms with Crippen molar-refractivity contribution in [1.82, 2.24) is 5.16 Å². The normalized spacial score (nSPS) is 9.27. The zero-order chi connectivity index (χ0) is 8.27. The van der Waals surface area contributed by atoms with Gasteiger partial charge in [0.2, 0.25) is 0 Å². The summed E-state index contributed by atoms with van der Waals surface area (Å²) in [6.07, 6.45) is 1.36. The van der Waals surface area contributed by atoms with E-state index in [0.717, 1.165) is 0 Å². The quantitative estimate of drug-likeness (QED) is 0.636. The van der Waals surface area contributed by atoms with Gasteiger partial charge < -0.3 is 14.6 Å². The van der Waals surface area contributed by atoms with Crippen molar-refractivity contribution >= 4 is 11.7 Å². The Balaban J connectivity index is 2.76. The minimum absolute atomic E-state index is 0.167. The van der Waals surface area contributed by atoms with Crippen LogP contribution in [0, 0.1) is 0 Å². The number of esters is 1. The lowest BCUT2D eigenvalue weighted by atomic mass is 10.5. The van der Waals surface area contributed by atoms with E-state index in [9.17, 15) is 4.79 Å². The molecule has 0 spiro atoms. The molecule has 0 bridgehead atoms. The van der Waals surface area contributed by atoms with E-state index in [1.54, 1.807) is 7.05 Å². The first-order chi connectivity index (χ1) is 5.24. The zero-order valence-electron chi connectivity index (χ0n) is 6.25. The lowest BCUT2D eigenvalue weighted by Crippen LogP contribution is -2.03. The molecule has 1 heterocycles. The van der Waals surface area contributed by atoms with Crippen molar-refractivity contribution in [2.45, 2.75) is 6.92 Å². The van der Waals surface area contributed by atoms with Gasteiger partial charge in [-0.1, -0.05) is 0 Å². The molecule has 5 nitrogen and oxygen atoms in total. The molecule has 11 heavy (non-hydrogen) atoms. The van der Waals surface area contributed by atoms with Crippen molar-refractivity contribution in [3.05, 3.63) is 6.26 Å². The largest absolute Gasteiger partial charge is 0.402 e. The fourth-order valence-electron chi connectivity index (χ4n) is 0.602. The van der Waals surface area contributed by atoms with E-state index in [1.165, 1.54) is 13.2 Å². The van der Waals surface area contributed by atoms with Crippen molar-refractivity contribution in [3.63, 3.8) is 0 Å². The molecule has 1 aromatic rings. The first-order valence-corrected chi connectivity index (χ1v) is 3.04. The van der Waals surface area contributed by atoms with E-state index >= 15 is 0 Å². The predicted molar refractivity (Wildman–Crippen MR) is 37.4 cm³/mol. The molecule has 1 aromatic heterocycles. The molecule has 0 aliphatic rings. The van der Waals surface area contributed by atoms with Crippen LogP contribution in [0.3, 0.4) is 0 Å². The molecule has 0 atom stereocenters. The van der Waals surface area contributed by atoms with Gasteiger partial charge in [0.15, 0.2) is 6.26 Å². The Bertz CT molecular complexity index is 256. The standard InChI is InChI=1S/C6H8N2O3/c1-4(9)11-6-5(7-2)3-10-8-6/h3,7H,1-2H3. The summed E-state index contributed by atoms with van der Waals surface area (Å²) in [6, 6.07) is 0. The molecule has 1 N–H and O–H groups in total. The van der Waals surface area contributed by atoms with Crippen LogP contribution in [0.1, 0.15) is 6.92 Å². The van der Waals surface area contributed by atoms with Crippen LogP contribution in [-0.2, 0) is 4.79 Å². The van der Waals surface area contributed by atoms with Crippen LogP contribution in [-0.4, -0.2) is 18.2 Å². The molecular weight excluding hydrogens is 148 g/mol. The molecular formula is C6H8N2O3. The molecule has 60 valence electrons. The summed E-state index contributed by atoms with van der Waals surface area (Å²) in [5.41, 5.74) is 0.556. The van der Waals surface area contributed by atoms with Crippen LogP contribution in [0.25, 0.3) is 0 Å². The van der Waals surface area contributed by atoms with Crippen molar-refractivity contribution in [2.75, 3.05) is 12.4 Å². The Hall–Kier alpha value is -1.52. The monoisotopic (exact) mass is 156 g/mol. The molecule has 1 rings (SSSR count). The van der Waals surface area contributed by atoms with Crippen molar-refractivity contribution in [2.24, 2.45) is 0 Å². The minimum Gasteiger partial charge on any atom is -0.402 e. The number of nitrogens with one attached hydrogen (secondary N) is 1. The second-order valence-electron chi connectivity index (χ2n) is 1.88. The van der Waals surface area contributed by atoms with Crippen LogP contribution in [0.2, 0.25) is 0 Å². The van der Waals surface area contributed by atoms with Crippen LogP contribution in [0.5, 0.6) is 5.88 Å². The predicted octanol–water partition coefficient (Wildman–Crippen LogP) is 0.642. The highest BCUT2D eigenvalue weighted by atomic mass is 16.6. The highest BCUT2D eigenvalue weighted by Gasteiger charge is 2.08. The Kier molecular flexibility index (Phi) is 2.10.